The third kappa shape index (κ3) is 4.74. The van der Waals surface area contributed by atoms with Crippen LogP contribution in [0.3, 0.4) is 0 Å². The zero-order valence-corrected chi connectivity index (χ0v) is 15.5. The Labute approximate surface area is 157 Å². The number of likely N-dealkylation sites (tertiary alicyclic amines) is 1. The summed E-state index contributed by atoms with van der Waals surface area (Å²) in [5, 5.41) is 7.31. The van der Waals surface area contributed by atoms with E-state index in [4.69, 9.17) is 20.9 Å². The smallest absolute Gasteiger partial charge is 0.317 e. The van der Waals surface area contributed by atoms with Gasteiger partial charge in [0.1, 0.15) is 0 Å². The maximum Gasteiger partial charge on any atom is 0.317 e. The number of piperidine rings is 1. The highest BCUT2D eigenvalue weighted by Crippen LogP contribution is 2.24. The van der Waals surface area contributed by atoms with E-state index in [1.807, 2.05) is 18.2 Å². The second-order valence-electron chi connectivity index (χ2n) is 6.23. The molecule has 1 aromatic heterocycles. The van der Waals surface area contributed by atoms with Crippen LogP contribution >= 0.6 is 11.6 Å². The first-order valence-corrected chi connectivity index (χ1v) is 9.27. The fourth-order valence-electron chi connectivity index (χ4n) is 2.88. The fourth-order valence-corrected chi connectivity index (χ4v) is 3.11. The number of nitrogens with zero attached hydrogens (tertiary/aromatic N) is 3. The predicted molar refractivity (Wildman–Crippen MR) is 97.8 cm³/mol. The number of aromatic nitrogens is 2. The Bertz CT molecular complexity index is 737. The predicted octanol–water partition coefficient (Wildman–Crippen LogP) is 3.49. The minimum absolute atomic E-state index is 0.115. The molecule has 1 aromatic carbocycles. The zero-order valence-electron chi connectivity index (χ0n) is 14.8. The summed E-state index contributed by atoms with van der Waals surface area (Å²) >= 11 is 6.14. The summed E-state index contributed by atoms with van der Waals surface area (Å²) < 4.78 is 11.0. The lowest BCUT2D eigenvalue weighted by molar-refractivity contribution is 0.00995. The molecule has 0 saturated carbocycles. The number of hydrogen-bond donors (Lipinski definition) is 1. The van der Waals surface area contributed by atoms with Crippen LogP contribution in [0.15, 0.2) is 28.8 Å². The van der Waals surface area contributed by atoms with Crippen LogP contribution in [0.1, 0.15) is 32.1 Å². The van der Waals surface area contributed by atoms with Crippen molar-refractivity contribution in [2.45, 2.75) is 38.8 Å². The van der Waals surface area contributed by atoms with Crippen LogP contribution < -0.4 is 5.32 Å². The van der Waals surface area contributed by atoms with Crippen molar-refractivity contribution in [2.75, 3.05) is 19.7 Å². The number of hydrogen-bond acceptors (Lipinski definition) is 5. The van der Waals surface area contributed by atoms with Crippen molar-refractivity contribution in [1.82, 2.24) is 20.4 Å². The Morgan fingerprint density at radius 1 is 1.46 bits per heavy atom. The summed E-state index contributed by atoms with van der Waals surface area (Å²) in [6, 6.07) is 7.13. The van der Waals surface area contributed by atoms with Crippen LogP contribution in [0, 0.1) is 0 Å². The molecule has 1 saturated heterocycles. The van der Waals surface area contributed by atoms with E-state index in [0.717, 1.165) is 32.4 Å². The summed E-state index contributed by atoms with van der Waals surface area (Å²) in [5.74, 6) is 0.745. The van der Waals surface area contributed by atoms with Gasteiger partial charge < -0.3 is 19.5 Å². The lowest BCUT2D eigenvalue weighted by Crippen LogP contribution is -2.47. The molecule has 0 spiro atoms. The Morgan fingerprint density at radius 3 is 3.12 bits per heavy atom. The molecule has 3 rings (SSSR count). The number of rotatable bonds is 6. The van der Waals surface area contributed by atoms with E-state index in [1.165, 1.54) is 0 Å². The molecule has 1 aliphatic rings. The molecule has 7 nitrogen and oxygen atoms in total. The lowest BCUT2D eigenvalue weighted by Gasteiger charge is -2.32. The Hall–Kier alpha value is -2.12. The Kier molecular flexibility index (Phi) is 6.46. The van der Waals surface area contributed by atoms with Gasteiger partial charge in [-0.3, -0.25) is 0 Å². The van der Waals surface area contributed by atoms with Crippen molar-refractivity contribution in [3.8, 4) is 11.4 Å². The van der Waals surface area contributed by atoms with Crippen molar-refractivity contribution < 1.29 is 14.1 Å². The number of ether oxygens (including phenoxy) is 1. The molecule has 0 unspecified atom stereocenters. The summed E-state index contributed by atoms with van der Waals surface area (Å²) in [7, 11) is 0. The van der Waals surface area contributed by atoms with Crippen molar-refractivity contribution in [3.05, 3.63) is 35.2 Å². The van der Waals surface area contributed by atoms with Crippen molar-refractivity contribution in [1.29, 1.82) is 0 Å². The molecule has 26 heavy (non-hydrogen) atoms. The van der Waals surface area contributed by atoms with E-state index in [0.29, 0.717) is 28.8 Å². The number of nitrogens with one attached hydrogen (secondary N) is 1. The molecule has 1 atom stereocenters. The largest absolute Gasteiger partial charge is 0.376 e. The number of carbonyl (C=O) groups is 1. The first kappa shape index (κ1) is 18.7. The second kappa shape index (κ2) is 9.00. The van der Waals surface area contributed by atoms with E-state index in [2.05, 4.69) is 22.4 Å². The molecule has 2 heterocycles. The molecule has 0 radical (unpaired) electrons. The summed E-state index contributed by atoms with van der Waals surface area (Å²) in [6.45, 7) is 4.32. The van der Waals surface area contributed by atoms with E-state index >= 15 is 0 Å². The molecule has 1 aliphatic heterocycles. The van der Waals surface area contributed by atoms with Gasteiger partial charge in [0.15, 0.2) is 0 Å². The van der Waals surface area contributed by atoms with Gasteiger partial charge in [-0.25, -0.2) is 4.79 Å². The Morgan fingerprint density at radius 2 is 2.31 bits per heavy atom. The minimum atomic E-state index is -0.146. The first-order chi connectivity index (χ1) is 12.7. The minimum Gasteiger partial charge on any atom is -0.376 e. The average Bonchev–Trinajstić information content (AvgIpc) is 3.14. The van der Waals surface area contributed by atoms with Gasteiger partial charge in [0.05, 0.1) is 17.7 Å². The molecule has 140 valence electrons. The highest BCUT2D eigenvalue weighted by Gasteiger charge is 2.24. The third-order valence-corrected chi connectivity index (χ3v) is 4.53. The van der Waals surface area contributed by atoms with Gasteiger partial charge in [-0.2, -0.15) is 4.98 Å². The van der Waals surface area contributed by atoms with Gasteiger partial charge in [0.2, 0.25) is 11.7 Å². The van der Waals surface area contributed by atoms with Crippen LogP contribution in [0.2, 0.25) is 5.02 Å². The fraction of sp³-hybridized carbons (Fsp3) is 0.500. The zero-order chi connectivity index (χ0) is 18.4. The molecule has 1 fully saturated rings. The van der Waals surface area contributed by atoms with Crippen LogP contribution in [-0.4, -0.2) is 46.9 Å². The summed E-state index contributed by atoms with van der Waals surface area (Å²) in [5.41, 5.74) is 0.697. The molecule has 2 aromatic rings. The quantitative estimate of drug-likeness (QED) is 0.832. The number of carbonyl (C=O) groups excluding carboxylic acids is 1. The van der Waals surface area contributed by atoms with E-state index in [1.54, 1.807) is 11.0 Å². The molecule has 0 aliphatic carbocycles. The average molecular weight is 379 g/mol. The summed E-state index contributed by atoms with van der Waals surface area (Å²) in [6.07, 6.45) is 3.03. The number of urea groups is 1. The highest BCUT2D eigenvalue weighted by atomic mass is 35.5. The van der Waals surface area contributed by atoms with Crippen LogP contribution in [0.4, 0.5) is 4.79 Å². The normalized spacial score (nSPS) is 17.3. The second-order valence-corrected chi connectivity index (χ2v) is 6.64. The first-order valence-electron chi connectivity index (χ1n) is 8.89. The SMILES string of the molecule is CCCO[C@H]1CCCN(C(=O)NCc2nc(-c3ccccc3Cl)no2)C1. The van der Waals surface area contributed by atoms with E-state index in [9.17, 15) is 4.79 Å². The van der Waals surface area contributed by atoms with Crippen LogP contribution in [0.5, 0.6) is 0 Å². The maximum absolute atomic E-state index is 12.4. The van der Waals surface area contributed by atoms with Crippen molar-refractivity contribution in [2.24, 2.45) is 0 Å². The van der Waals surface area contributed by atoms with Gasteiger partial charge in [0.25, 0.3) is 0 Å². The van der Waals surface area contributed by atoms with E-state index in [-0.39, 0.29) is 18.7 Å². The highest BCUT2D eigenvalue weighted by molar-refractivity contribution is 6.33. The number of amides is 2. The van der Waals surface area contributed by atoms with Crippen LogP contribution in [-0.2, 0) is 11.3 Å². The monoisotopic (exact) mass is 378 g/mol. The van der Waals surface area contributed by atoms with Gasteiger partial charge in [-0.15, -0.1) is 0 Å². The lowest BCUT2D eigenvalue weighted by atomic mass is 10.1. The van der Waals surface area contributed by atoms with Gasteiger partial charge in [-0.05, 0) is 31.4 Å². The third-order valence-electron chi connectivity index (χ3n) is 4.20. The van der Waals surface area contributed by atoms with E-state index < -0.39 is 0 Å². The topological polar surface area (TPSA) is 80.5 Å². The summed E-state index contributed by atoms with van der Waals surface area (Å²) in [4.78, 5) is 18.4. The maximum atomic E-state index is 12.4. The number of halogens is 1. The number of benzene rings is 1. The van der Waals surface area contributed by atoms with Crippen molar-refractivity contribution in [3.63, 3.8) is 0 Å². The molecule has 8 heteroatoms. The molecule has 1 N–H and O–H groups in total. The molecule has 2 amide bonds. The van der Waals surface area contributed by atoms with Gasteiger partial charge in [0, 0.05) is 25.3 Å². The van der Waals surface area contributed by atoms with Crippen molar-refractivity contribution >= 4 is 17.6 Å². The van der Waals surface area contributed by atoms with Gasteiger partial charge in [-0.1, -0.05) is 35.8 Å². The van der Waals surface area contributed by atoms with Gasteiger partial charge >= 0.3 is 6.03 Å². The molecular formula is C18H23ClN4O3. The molecular weight excluding hydrogens is 356 g/mol. The van der Waals surface area contributed by atoms with Crippen LogP contribution in [0.25, 0.3) is 11.4 Å². The standard InChI is InChI=1S/C18H23ClN4O3/c1-2-10-25-13-6-5-9-23(12-13)18(24)20-11-16-21-17(22-26-16)14-7-3-4-8-15(14)19/h3-4,7-8,13H,2,5-6,9-12H2,1H3,(H,20,24)/t13-/m0/s1. The Balaban J connectivity index is 1.53. The molecule has 0 bridgehead atoms.